The number of aromatic nitrogens is 1. The molecule has 0 atom stereocenters. The summed E-state index contributed by atoms with van der Waals surface area (Å²) >= 11 is 0. The van der Waals surface area contributed by atoms with Gasteiger partial charge >= 0.3 is 6.03 Å². The van der Waals surface area contributed by atoms with Crippen LogP contribution in [0.3, 0.4) is 0 Å². The van der Waals surface area contributed by atoms with E-state index in [1.54, 1.807) is 31.4 Å². The normalized spacial score (nSPS) is 11.4. The van der Waals surface area contributed by atoms with Crippen molar-refractivity contribution in [3.8, 4) is 5.75 Å². The number of oxime groups is 1. The van der Waals surface area contributed by atoms with E-state index in [9.17, 15) is 4.79 Å². The van der Waals surface area contributed by atoms with Crippen molar-refractivity contribution < 1.29 is 14.7 Å². The summed E-state index contributed by atoms with van der Waals surface area (Å²) < 4.78 is 5.26. The summed E-state index contributed by atoms with van der Waals surface area (Å²) in [6.45, 7) is 0.468. The number of rotatable bonds is 6. The van der Waals surface area contributed by atoms with Crippen LogP contribution in [0, 0.1) is 0 Å². The largest absolute Gasteiger partial charge is 0.497 e. The first-order valence-electron chi connectivity index (χ1n) is 8.37. The van der Waals surface area contributed by atoms with Crippen LogP contribution in [-0.4, -0.2) is 35.7 Å². The Bertz CT molecular complexity index is 980. The molecule has 0 unspecified atom stereocenters. The van der Waals surface area contributed by atoms with Gasteiger partial charge in [-0.1, -0.05) is 17.3 Å². The number of fused-ring (bicyclic) bond motifs is 1. The number of urea groups is 1. The maximum atomic E-state index is 12.1. The molecule has 0 saturated heterocycles. The van der Waals surface area contributed by atoms with E-state index in [0.717, 1.165) is 22.2 Å². The van der Waals surface area contributed by atoms with Crippen molar-refractivity contribution in [2.45, 2.75) is 6.42 Å². The fourth-order valence-corrected chi connectivity index (χ4v) is 2.79. The number of benzene rings is 2. The van der Waals surface area contributed by atoms with Crippen molar-refractivity contribution in [1.29, 1.82) is 0 Å². The van der Waals surface area contributed by atoms with Crippen molar-refractivity contribution >= 4 is 28.5 Å². The van der Waals surface area contributed by atoms with Gasteiger partial charge < -0.3 is 31.3 Å². The predicted octanol–water partition coefficient (Wildman–Crippen LogP) is 2.64. The van der Waals surface area contributed by atoms with Crippen LogP contribution in [-0.2, 0) is 6.42 Å². The number of methoxy groups -OCH3 is 1. The number of amidine groups is 1. The van der Waals surface area contributed by atoms with E-state index in [4.69, 9.17) is 15.7 Å². The fourth-order valence-electron chi connectivity index (χ4n) is 2.79. The van der Waals surface area contributed by atoms with Gasteiger partial charge in [0.1, 0.15) is 5.75 Å². The van der Waals surface area contributed by atoms with Crippen molar-refractivity contribution in [1.82, 2.24) is 10.3 Å². The third-order valence-electron chi connectivity index (χ3n) is 4.18. The van der Waals surface area contributed by atoms with E-state index in [1.807, 2.05) is 24.4 Å². The van der Waals surface area contributed by atoms with Gasteiger partial charge in [0.25, 0.3) is 0 Å². The second-order valence-electron chi connectivity index (χ2n) is 5.92. The van der Waals surface area contributed by atoms with Crippen LogP contribution in [0.1, 0.15) is 11.1 Å². The maximum absolute atomic E-state index is 12.1. The summed E-state index contributed by atoms with van der Waals surface area (Å²) in [4.78, 5) is 15.3. The quantitative estimate of drug-likeness (QED) is 0.199. The van der Waals surface area contributed by atoms with Crippen LogP contribution in [0.5, 0.6) is 5.75 Å². The van der Waals surface area contributed by atoms with Gasteiger partial charge in [0, 0.05) is 34.9 Å². The molecule has 0 aliphatic carbocycles. The maximum Gasteiger partial charge on any atom is 0.319 e. The van der Waals surface area contributed by atoms with Crippen LogP contribution in [0.15, 0.2) is 53.8 Å². The zero-order valence-electron chi connectivity index (χ0n) is 14.8. The minimum absolute atomic E-state index is 0.0196. The molecular formula is C19H21N5O3. The van der Waals surface area contributed by atoms with E-state index in [1.165, 1.54) is 0 Å². The van der Waals surface area contributed by atoms with Crippen LogP contribution in [0.25, 0.3) is 10.9 Å². The lowest BCUT2D eigenvalue weighted by Crippen LogP contribution is -2.30. The third kappa shape index (κ3) is 4.30. The molecule has 0 saturated carbocycles. The Morgan fingerprint density at radius 3 is 2.93 bits per heavy atom. The molecule has 6 N–H and O–H groups in total. The molecule has 8 nitrogen and oxygen atoms in total. The standard InChI is InChI=1S/C19H21N5O3/c1-27-15-5-6-17-16(10-15)13(11-22-17)7-8-21-19(25)23-14-4-2-3-12(9-14)18(20)24-26/h2-6,9-11,22,26H,7-8H2,1H3,(H2,20,24)(H2,21,23,25). The highest BCUT2D eigenvalue weighted by molar-refractivity contribution is 5.99. The molecule has 0 radical (unpaired) electrons. The summed E-state index contributed by atoms with van der Waals surface area (Å²) in [7, 11) is 1.63. The van der Waals surface area contributed by atoms with Crippen molar-refractivity contribution in [2.24, 2.45) is 10.9 Å². The number of anilines is 1. The highest BCUT2D eigenvalue weighted by atomic mass is 16.5. The van der Waals surface area contributed by atoms with E-state index >= 15 is 0 Å². The van der Waals surface area contributed by atoms with Gasteiger partial charge in [-0.15, -0.1) is 0 Å². The van der Waals surface area contributed by atoms with Gasteiger partial charge in [-0.25, -0.2) is 4.79 Å². The Hall–Kier alpha value is -3.68. The van der Waals surface area contributed by atoms with Gasteiger partial charge in [-0.3, -0.25) is 0 Å². The zero-order valence-corrected chi connectivity index (χ0v) is 14.8. The molecule has 1 aromatic heterocycles. The molecule has 3 aromatic rings. The van der Waals surface area contributed by atoms with Crippen molar-refractivity contribution in [2.75, 3.05) is 19.0 Å². The van der Waals surface area contributed by atoms with Gasteiger partial charge in [-0.2, -0.15) is 0 Å². The lowest BCUT2D eigenvalue weighted by atomic mass is 10.1. The molecule has 0 spiro atoms. The molecule has 0 bridgehead atoms. The van der Waals surface area contributed by atoms with E-state index in [0.29, 0.717) is 24.2 Å². The third-order valence-corrected chi connectivity index (χ3v) is 4.18. The SMILES string of the molecule is COc1ccc2[nH]cc(CCNC(=O)Nc3cccc(/C(N)=N\O)c3)c2c1. The summed E-state index contributed by atoms with van der Waals surface area (Å²) in [5.41, 5.74) is 8.74. The number of hydrogen-bond donors (Lipinski definition) is 5. The summed E-state index contributed by atoms with van der Waals surface area (Å²) in [5.74, 6) is 0.772. The first-order valence-corrected chi connectivity index (χ1v) is 8.37. The average molecular weight is 367 g/mol. The number of carbonyl (C=O) groups is 1. The smallest absolute Gasteiger partial charge is 0.319 e. The molecule has 2 aromatic carbocycles. The second kappa shape index (κ2) is 8.13. The topological polar surface area (TPSA) is 125 Å². The van der Waals surface area contributed by atoms with E-state index < -0.39 is 0 Å². The molecule has 1 heterocycles. The van der Waals surface area contributed by atoms with Gasteiger partial charge in [0.05, 0.1) is 7.11 Å². The molecule has 3 rings (SSSR count). The molecule has 0 aliphatic heterocycles. The molecule has 0 fully saturated rings. The van der Waals surface area contributed by atoms with Gasteiger partial charge in [0.2, 0.25) is 0 Å². The second-order valence-corrected chi connectivity index (χ2v) is 5.92. The number of nitrogens with zero attached hydrogens (tertiary/aromatic N) is 1. The number of ether oxygens (including phenoxy) is 1. The number of nitrogens with one attached hydrogen (secondary N) is 3. The van der Waals surface area contributed by atoms with Crippen LogP contribution in [0.2, 0.25) is 0 Å². The molecule has 140 valence electrons. The summed E-state index contributed by atoms with van der Waals surface area (Å²) in [6, 6.07) is 12.2. The summed E-state index contributed by atoms with van der Waals surface area (Å²) in [5, 5.41) is 18.3. The molecule has 27 heavy (non-hydrogen) atoms. The molecule has 2 amide bonds. The Morgan fingerprint density at radius 1 is 1.30 bits per heavy atom. The highest BCUT2D eigenvalue weighted by Crippen LogP contribution is 2.23. The monoisotopic (exact) mass is 367 g/mol. The number of aromatic amines is 1. The minimum atomic E-state index is -0.330. The fraction of sp³-hybridized carbons (Fsp3) is 0.158. The van der Waals surface area contributed by atoms with E-state index in [2.05, 4.69) is 20.8 Å². The first kappa shape index (κ1) is 18.1. The molecular weight excluding hydrogens is 346 g/mol. The number of nitrogens with two attached hydrogens (primary N) is 1. The lowest BCUT2D eigenvalue weighted by Gasteiger charge is -2.09. The number of H-pyrrole nitrogens is 1. The van der Waals surface area contributed by atoms with Crippen molar-refractivity contribution in [3.05, 3.63) is 59.8 Å². The van der Waals surface area contributed by atoms with Gasteiger partial charge in [0.15, 0.2) is 5.84 Å². The Morgan fingerprint density at radius 2 is 2.15 bits per heavy atom. The average Bonchev–Trinajstić information content (AvgIpc) is 3.09. The van der Waals surface area contributed by atoms with Crippen LogP contribution in [0.4, 0.5) is 10.5 Å². The van der Waals surface area contributed by atoms with E-state index in [-0.39, 0.29) is 11.9 Å². The number of carbonyl (C=O) groups excluding carboxylic acids is 1. The Balaban J connectivity index is 1.57. The number of amides is 2. The predicted molar refractivity (Wildman–Crippen MR) is 105 cm³/mol. The van der Waals surface area contributed by atoms with Crippen LogP contribution >= 0.6 is 0 Å². The molecule has 8 heteroatoms. The minimum Gasteiger partial charge on any atom is -0.497 e. The highest BCUT2D eigenvalue weighted by Gasteiger charge is 2.07. The summed E-state index contributed by atoms with van der Waals surface area (Å²) in [6.07, 6.45) is 2.61. The van der Waals surface area contributed by atoms with Crippen LogP contribution < -0.4 is 21.1 Å². The number of hydrogen-bond acceptors (Lipinski definition) is 4. The Labute approximate surface area is 156 Å². The van der Waals surface area contributed by atoms with Gasteiger partial charge in [-0.05, 0) is 42.3 Å². The first-order chi connectivity index (χ1) is 13.1. The molecule has 0 aliphatic rings. The van der Waals surface area contributed by atoms with Crippen molar-refractivity contribution in [3.63, 3.8) is 0 Å². The Kier molecular flexibility index (Phi) is 5.46. The lowest BCUT2D eigenvalue weighted by molar-refractivity contribution is 0.252. The zero-order chi connectivity index (χ0) is 19.2.